The van der Waals surface area contributed by atoms with Crippen molar-refractivity contribution in [3.63, 3.8) is 0 Å². The Balaban J connectivity index is 2.47. The molecule has 0 spiro atoms. The Bertz CT molecular complexity index is 119. The average Bonchev–Trinajstić information content (AvgIpc) is 2.33. The van der Waals surface area contributed by atoms with Gasteiger partial charge >= 0.3 is 0 Å². The number of nitrogens with zero attached hydrogens (tertiary/aromatic N) is 2. The van der Waals surface area contributed by atoms with Crippen LogP contribution in [0.5, 0.6) is 0 Å². The number of hydrogen-bond donors (Lipinski definition) is 1. The lowest BCUT2D eigenvalue weighted by molar-refractivity contribution is 0.441. The smallest absolute Gasteiger partial charge is 0.126 e. The molecule has 0 unspecified atom stereocenters. The normalized spacial score (nSPS) is 17.6. The van der Waals surface area contributed by atoms with Crippen LogP contribution in [0.4, 0.5) is 0 Å². The molecule has 0 atom stereocenters. The highest BCUT2D eigenvalue weighted by atomic mass is 15.5. The lowest BCUT2D eigenvalue weighted by Gasteiger charge is -2.14. The maximum absolute atomic E-state index is 4.10. The van der Waals surface area contributed by atoms with Crippen molar-refractivity contribution in [2.24, 2.45) is 5.10 Å². The fourth-order valence-electron chi connectivity index (χ4n) is 0.971. The number of rotatable bonds is 2. The fourth-order valence-corrected chi connectivity index (χ4v) is 0.971. The summed E-state index contributed by atoms with van der Waals surface area (Å²) in [7, 11) is 0. The zero-order chi connectivity index (χ0) is 6.69. The molecule has 0 saturated heterocycles. The standard InChI is InChI=1S/C6H13N3/c1-3-6-8-7-5-9(6)4-2/h7H,3-5H2,1-2H3. The summed E-state index contributed by atoms with van der Waals surface area (Å²) in [6.45, 7) is 6.20. The van der Waals surface area contributed by atoms with E-state index in [0.29, 0.717) is 0 Å². The molecule has 3 heteroatoms. The van der Waals surface area contributed by atoms with Gasteiger partial charge in [-0.15, -0.1) is 0 Å². The second-order valence-electron chi connectivity index (χ2n) is 2.05. The monoisotopic (exact) mass is 127 g/mol. The predicted octanol–water partition coefficient (Wildman–Crippen LogP) is 0.592. The fraction of sp³-hybridized carbons (Fsp3) is 0.833. The minimum Gasteiger partial charge on any atom is -0.340 e. The highest BCUT2D eigenvalue weighted by Gasteiger charge is 2.10. The molecule has 1 aliphatic heterocycles. The first-order valence-electron chi connectivity index (χ1n) is 3.42. The van der Waals surface area contributed by atoms with Crippen LogP contribution < -0.4 is 5.43 Å². The summed E-state index contributed by atoms with van der Waals surface area (Å²) in [4.78, 5) is 2.22. The van der Waals surface area contributed by atoms with Gasteiger partial charge in [0.1, 0.15) is 12.5 Å². The van der Waals surface area contributed by atoms with E-state index in [0.717, 1.165) is 19.6 Å². The van der Waals surface area contributed by atoms with Gasteiger partial charge in [0.25, 0.3) is 0 Å². The molecule has 52 valence electrons. The Morgan fingerprint density at radius 3 is 2.89 bits per heavy atom. The molecule has 0 saturated carbocycles. The van der Waals surface area contributed by atoms with E-state index in [1.54, 1.807) is 0 Å². The molecule has 0 radical (unpaired) electrons. The SMILES string of the molecule is CCC1=NNCN1CC. The van der Waals surface area contributed by atoms with Crippen molar-refractivity contribution in [2.75, 3.05) is 13.2 Å². The van der Waals surface area contributed by atoms with E-state index in [9.17, 15) is 0 Å². The third kappa shape index (κ3) is 1.15. The van der Waals surface area contributed by atoms with Gasteiger partial charge in [0.2, 0.25) is 0 Å². The van der Waals surface area contributed by atoms with Gasteiger partial charge in [-0.2, -0.15) is 5.10 Å². The molecule has 0 aromatic heterocycles. The quantitative estimate of drug-likeness (QED) is 0.588. The maximum Gasteiger partial charge on any atom is 0.126 e. The van der Waals surface area contributed by atoms with Crippen LogP contribution in [0.15, 0.2) is 5.10 Å². The lowest BCUT2D eigenvalue weighted by Crippen LogP contribution is -2.28. The van der Waals surface area contributed by atoms with E-state index in [-0.39, 0.29) is 0 Å². The molecule has 9 heavy (non-hydrogen) atoms. The molecule has 0 fully saturated rings. The predicted molar refractivity (Wildman–Crippen MR) is 38.1 cm³/mol. The molecular weight excluding hydrogens is 114 g/mol. The van der Waals surface area contributed by atoms with Gasteiger partial charge in [0.05, 0.1) is 0 Å². The summed E-state index contributed by atoms with van der Waals surface area (Å²) in [6, 6.07) is 0. The van der Waals surface area contributed by atoms with Crippen LogP contribution in [0.3, 0.4) is 0 Å². The highest BCUT2D eigenvalue weighted by molar-refractivity contribution is 5.82. The van der Waals surface area contributed by atoms with E-state index in [1.807, 2.05) is 0 Å². The van der Waals surface area contributed by atoms with Crippen molar-refractivity contribution in [1.82, 2.24) is 10.3 Å². The Labute approximate surface area is 55.7 Å². The van der Waals surface area contributed by atoms with Gasteiger partial charge < -0.3 is 4.90 Å². The first-order chi connectivity index (χ1) is 4.38. The van der Waals surface area contributed by atoms with E-state index in [2.05, 4.69) is 29.3 Å². The largest absolute Gasteiger partial charge is 0.340 e. The van der Waals surface area contributed by atoms with Crippen LogP contribution >= 0.6 is 0 Å². The average molecular weight is 127 g/mol. The van der Waals surface area contributed by atoms with Crippen molar-refractivity contribution in [3.05, 3.63) is 0 Å². The molecule has 1 N–H and O–H groups in total. The van der Waals surface area contributed by atoms with Crippen molar-refractivity contribution in [2.45, 2.75) is 20.3 Å². The van der Waals surface area contributed by atoms with Gasteiger partial charge in [-0.25, -0.2) is 0 Å². The summed E-state index contributed by atoms with van der Waals surface area (Å²) < 4.78 is 0. The van der Waals surface area contributed by atoms with E-state index >= 15 is 0 Å². The van der Waals surface area contributed by atoms with Crippen LogP contribution in [0, 0.1) is 0 Å². The minimum absolute atomic E-state index is 0.889. The van der Waals surface area contributed by atoms with Crippen LogP contribution in [-0.2, 0) is 0 Å². The first kappa shape index (κ1) is 6.39. The van der Waals surface area contributed by atoms with Gasteiger partial charge in [0, 0.05) is 13.0 Å². The Morgan fingerprint density at radius 2 is 2.44 bits per heavy atom. The van der Waals surface area contributed by atoms with Gasteiger partial charge in [-0.05, 0) is 6.92 Å². The van der Waals surface area contributed by atoms with Crippen LogP contribution in [-0.4, -0.2) is 23.9 Å². The molecule has 0 aromatic carbocycles. The summed E-state index contributed by atoms with van der Waals surface area (Å²) in [5, 5.41) is 4.10. The number of nitrogens with one attached hydrogen (secondary N) is 1. The molecule has 1 heterocycles. The Morgan fingerprint density at radius 1 is 1.67 bits per heavy atom. The first-order valence-corrected chi connectivity index (χ1v) is 3.42. The van der Waals surface area contributed by atoms with Crippen molar-refractivity contribution in [3.8, 4) is 0 Å². The zero-order valence-corrected chi connectivity index (χ0v) is 6.02. The molecule has 1 rings (SSSR count). The zero-order valence-electron chi connectivity index (χ0n) is 6.02. The van der Waals surface area contributed by atoms with Crippen LogP contribution in [0.25, 0.3) is 0 Å². The van der Waals surface area contributed by atoms with Crippen molar-refractivity contribution in [1.29, 1.82) is 0 Å². The summed E-state index contributed by atoms with van der Waals surface area (Å²) in [6.07, 6.45) is 1.03. The molecule has 1 aliphatic rings. The van der Waals surface area contributed by atoms with Gasteiger partial charge in [-0.1, -0.05) is 6.92 Å². The van der Waals surface area contributed by atoms with Crippen LogP contribution in [0.1, 0.15) is 20.3 Å². The van der Waals surface area contributed by atoms with Gasteiger partial charge in [0.15, 0.2) is 0 Å². The molecule has 0 aliphatic carbocycles. The molecule has 3 nitrogen and oxygen atoms in total. The lowest BCUT2D eigenvalue weighted by atomic mass is 10.4. The van der Waals surface area contributed by atoms with E-state index < -0.39 is 0 Å². The Kier molecular flexibility index (Phi) is 1.92. The summed E-state index contributed by atoms with van der Waals surface area (Å²) >= 11 is 0. The third-order valence-corrected chi connectivity index (χ3v) is 1.53. The summed E-state index contributed by atoms with van der Waals surface area (Å²) in [5.74, 6) is 1.18. The third-order valence-electron chi connectivity index (χ3n) is 1.53. The highest BCUT2D eigenvalue weighted by Crippen LogP contribution is 1.98. The van der Waals surface area contributed by atoms with Crippen LogP contribution in [0.2, 0.25) is 0 Å². The summed E-state index contributed by atoms with van der Waals surface area (Å²) in [5.41, 5.74) is 2.94. The minimum atomic E-state index is 0.889. The Hall–Kier alpha value is -0.730. The molecule has 0 amide bonds. The molecular formula is C6H13N3. The van der Waals surface area contributed by atoms with Crippen molar-refractivity contribution < 1.29 is 0 Å². The van der Waals surface area contributed by atoms with Crippen molar-refractivity contribution >= 4 is 5.84 Å². The number of amidine groups is 1. The number of hydrogen-bond acceptors (Lipinski definition) is 3. The van der Waals surface area contributed by atoms with E-state index in [4.69, 9.17) is 0 Å². The topological polar surface area (TPSA) is 27.6 Å². The van der Waals surface area contributed by atoms with Gasteiger partial charge in [-0.3, -0.25) is 5.43 Å². The van der Waals surface area contributed by atoms with E-state index in [1.165, 1.54) is 5.84 Å². The number of hydrazone groups is 1. The second kappa shape index (κ2) is 2.71. The molecule has 0 bridgehead atoms. The molecule has 0 aromatic rings. The second-order valence-corrected chi connectivity index (χ2v) is 2.05. The maximum atomic E-state index is 4.10.